The number of hydrogen-bond acceptors (Lipinski definition) is 4. The molecule has 58 valence electrons. The summed E-state index contributed by atoms with van der Waals surface area (Å²) in [6.07, 6.45) is 1.66. The van der Waals surface area contributed by atoms with E-state index in [0.29, 0.717) is 0 Å². The summed E-state index contributed by atoms with van der Waals surface area (Å²) >= 11 is 1.40. The molecule has 0 unspecified atom stereocenters. The first-order valence-corrected chi connectivity index (χ1v) is 4.20. The molecular weight excluding hydrogens is 162 g/mol. The summed E-state index contributed by atoms with van der Waals surface area (Å²) in [6, 6.07) is 0. The van der Waals surface area contributed by atoms with E-state index in [4.69, 9.17) is 5.73 Å². The Bertz CT molecular complexity index is 278. The predicted octanol–water partition coefficient (Wildman–Crippen LogP) is 0.0550. The van der Waals surface area contributed by atoms with Crippen LogP contribution in [0.3, 0.4) is 0 Å². The van der Waals surface area contributed by atoms with Crippen LogP contribution in [-0.2, 0) is 10.2 Å². The normalized spacial score (nSPS) is 19.6. The van der Waals surface area contributed by atoms with Crippen LogP contribution in [0.15, 0.2) is 5.51 Å². The van der Waals surface area contributed by atoms with Gasteiger partial charge in [0.2, 0.25) is 5.91 Å². The van der Waals surface area contributed by atoms with E-state index in [2.05, 4.69) is 10.2 Å². The third-order valence-electron chi connectivity index (χ3n) is 1.99. The monoisotopic (exact) mass is 169 g/mol. The molecule has 5 heteroatoms. The topological polar surface area (TPSA) is 68.9 Å². The first-order valence-electron chi connectivity index (χ1n) is 3.32. The molecule has 1 aliphatic carbocycles. The number of aromatic nitrogens is 2. The standard InChI is InChI=1S/C6H7N3OS/c7-4(10)6(1-2-6)5-9-8-3-11-5/h3H,1-2H2,(H2,7,10). The van der Waals surface area contributed by atoms with Crippen LogP contribution in [0.5, 0.6) is 0 Å². The van der Waals surface area contributed by atoms with Gasteiger partial charge in [0, 0.05) is 0 Å². The third-order valence-corrected chi connectivity index (χ3v) is 2.89. The van der Waals surface area contributed by atoms with Crippen molar-refractivity contribution < 1.29 is 4.79 Å². The third kappa shape index (κ3) is 0.841. The Kier molecular flexibility index (Phi) is 1.23. The molecule has 1 aromatic heterocycles. The summed E-state index contributed by atoms with van der Waals surface area (Å²) in [5, 5.41) is 8.28. The number of nitrogens with two attached hydrogens (primary N) is 1. The van der Waals surface area contributed by atoms with Crippen molar-refractivity contribution in [1.29, 1.82) is 0 Å². The van der Waals surface area contributed by atoms with Crippen LogP contribution in [0.1, 0.15) is 17.8 Å². The van der Waals surface area contributed by atoms with Crippen LogP contribution in [0, 0.1) is 0 Å². The van der Waals surface area contributed by atoms with Crippen molar-refractivity contribution in [2.75, 3.05) is 0 Å². The molecule has 1 amide bonds. The largest absolute Gasteiger partial charge is 0.369 e. The van der Waals surface area contributed by atoms with Crippen LogP contribution in [0.2, 0.25) is 0 Å². The van der Waals surface area contributed by atoms with Gasteiger partial charge in [-0.1, -0.05) is 0 Å². The van der Waals surface area contributed by atoms with E-state index in [-0.39, 0.29) is 5.91 Å². The molecule has 0 aromatic carbocycles. The van der Waals surface area contributed by atoms with E-state index in [1.165, 1.54) is 11.3 Å². The van der Waals surface area contributed by atoms with E-state index >= 15 is 0 Å². The number of primary amides is 1. The van der Waals surface area contributed by atoms with Gasteiger partial charge in [0.1, 0.15) is 15.9 Å². The average Bonchev–Trinajstić information content (AvgIpc) is 2.61. The van der Waals surface area contributed by atoms with Gasteiger partial charge in [0.15, 0.2) is 0 Å². The maximum Gasteiger partial charge on any atom is 0.230 e. The zero-order valence-electron chi connectivity index (χ0n) is 5.78. The molecular formula is C6H7N3OS. The zero-order valence-corrected chi connectivity index (χ0v) is 6.60. The summed E-state index contributed by atoms with van der Waals surface area (Å²) in [5.41, 5.74) is 6.40. The first kappa shape index (κ1) is 6.72. The number of nitrogens with zero attached hydrogens (tertiary/aromatic N) is 2. The first-order chi connectivity index (χ1) is 5.26. The van der Waals surface area contributed by atoms with Crippen LogP contribution < -0.4 is 5.73 Å². The lowest BCUT2D eigenvalue weighted by atomic mass is 10.1. The second kappa shape index (κ2) is 2.01. The van der Waals surface area contributed by atoms with Crippen molar-refractivity contribution in [3.8, 4) is 0 Å². The zero-order chi connectivity index (χ0) is 7.90. The van der Waals surface area contributed by atoms with Crippen molar-refractivity contribution in [2.24, 2.45) is 5.73 Å². The molecule has 0 spiro atoms. The Morgan fingerprint density at radius 3 is 2.82 bits per heavy atom. The minimum absolute atomic E-state index is 0.269. The van der Waals surface area contributed by atoms with Crippen molar-refractivity contribution in [3.63, 3.8) is 0 Å². The van der Waals surface area contributed by atoms with Crippen LogP contribution in [-0.4, -0.2) is 16.1 Å². The molecule has 11 heavy (non-hydrogen) atoms. The second-order valence-corrected chi connectivity index (χ2v) is 3.52. The molecule has 2 N–H and O–H groups in total. The van der Waals surface area contributed by atoms with E-state index in [1.807, 2.05) is 0 Å². The van der Waals surface area contributed by atoms with Crippen LogP contribution >= 0.6 is 11.3 Å². The second-order valence-electron chi connectivity index (χ2n) is 2.69. The van der Waals surface area contributed by atoms with Crippen molar-refractivity contribution in [1.82, 2.24) is 10.2 Å². The van der Waals surface area contributed by atoms with Gasteiger partial charge in [-0.3, -0.25) is 4.79 Å². The molecule has 1 heterocycles. The predicted molar refractivity (Wildman–Crippen MR) is 40.0 cm³/mol. The lowest BCUT2D eigenvalue weighted by Gasteiger charge is -2.03. The van der Waals surface area contributed by atoms with E-state index in [1.54, 1.807) is 5.51 Å². The summed E-state index contributed by atoms with van der Waals surface area (Å²) in [5.74, 6) is -0.269. The van der Waals surface area contributed by atoms with E-state index in [9.17, 15) is 4.79 Å². The molecule has 0 radical (unpaired) electrons. The van der Waals surface area contributed by atoms with Gasteiger partial charge in [0.25, 0.3) is 0 Å². The van der Waals surface area contributed by atoms with E-state index in [0.717, 1.165) is 17.8 Å². The maximum atomic E-state index is 10.9. The molecule has 1 saturated carbocycles. The molecule has 1 fully saturated rings. The van der Waals surface area contributed by atoms with Gasteiger partial charge in [-0.2, -0.15) is 0 Å². The minimum Gasteiger partial charge on any atom is -0.369 e. The van der Waals surface area contributed by atoms with Gasteiger partial charge in [-0.15, -0.1) is 21.5 Å². The Morgan fingerprint density at radius 1 is 1.73 bits per heavy atom. The van der Waals surface area contributed by atoms with Crippen LogP contribution in [0.4, 0.5) is 0 Å². The van der Waals surface area contributed by atoms with Gasteiger partial charge in [-0.05, 0) is 12.8 Å². The number of amides is 1. The van der Waals surface area contributed by atoms with Crippen LogP contribution in [0.25, 0.3) is 0 Å². The quantitative estimate of drug-likeness (QED) is 0.680. The molecule has 0 saturated heterocycles. The highest BCUT2D eigenvalue weighted by Gasteiger charge is 2.52. The molecule has 0 bridgehead atoms. The molecule has 1 aromatic rings. The van der Waals surface area contributed by atoms with Crippen molar-refractivity contribution in [2.45, 2.75) is 18.3 Å². The SMILES string of the molecule is NC(=O)C1(c2nncs2)CC1. The van der Waals surface area contributed by atoms with Crippen molar-refractivity contribution >= 4 is 17.2 Å². The molecule has 0 atom stereocenters. The van der Waals surface area contributed by atoms with E-state index < -0.39 is 5.41 Å². The Balaban J connectivity index is 2.36. The summed E-state index contributed by atoms with van der Waals surface area (Å²) in [4.78, 5) is 10.9. The fourth-order valence-electron chi connectivity index (χ4n) is 1.07. The summed E-state index contributed by atoms with van der Waals surface area (Å²) in [6.45, 7) is 0. The maximum absolute atomic E-state index is 10.9. The fraction of sp³-hybridized carbons (Fsp3) is 0.500. The smallest absolute Gasteiger partial charge is 0.230 e. The summed E-state index contributed by atoms with van der Waals surface area (Å²) < 4.78 is 0. The minimum atomic E-state index is -0.443. The highest BCUT2D eigenvalue weighted by Crippen LogP contribution is 2.48. The van der Waals surface area contributed by atoms with Gasteiger partial charge in [0.05, 0.1) is 0 Å². The lowest BCUT2D eigenvalue weighted by Crippen LogP contribution is -2.28. The van der Waals surface area contributed by atoms with Crippen molar-refractivity contribution in [3.05, 3.63) is 10.5 Å². The highest BCUT2D eigenvalue weighted by atomic mass is 32.1. The molecule has 0 aliphatic heterocycles. The Labute approximate surface area is 67.4 Å². The Morgan fingerprint density at radius 2 is 2.45 bits per heavy atom. The summed E-state index contributed by atoms with van der Waals surface area (Å²) in [7, 11) is 0. The molecule has 2 rings (SSSR count). The van der Waals surface area contributed by atoms with Gasteiger partial charge < -0.3 is 5.73 Å². The molecule has 4 nitrogen and oxygen atoms in total. The van der Waals surface area contributed by atoms with Gasteiger partial charge >= 0.3 is 0 Å². The Hall–Kier alpha value is -0.970. The number of carbonyl (C=O) groups excluding carboxylic acids is 1. The lowest BCUT2D eigenvalue weighted by molar-refractivity contribution is -0.120. The number of hydrogen-bond donors (Lipinski definition) is 1. The fourth-order valence-corrected chi connectivity index (χ4v) is 1.89. The van der Waals surface area contributed by atoms with Gasteiger partial charge in [-0.25, -0.2) is 0 Å². The number of carbonyl (C=O) groups is 1. The average molecular weight is 169 g/mol. The highest BCUT2D eigenvalue weighted by molar-refractivity contribution is 7.09. The number of rotatable bonds is 2. The molecule has 1 aliphatic rings.